The first-order chi connectivity index (χ1) is 4.66. The minimum absolute atomic E-state index is 0.222. The third-order valence-electron chi connectivity index (χ3n) is 1.31. The zero-order valence-electron chi connectivity index (χ0n) is 7.26. The van der Waals surface area contributed by atoms with Crippen LogP contribution in [0.1, 0.15) is 27.2 Å². The summed E-state index contributed by atoms with van der Waals surface area (Å²) in [6.45, 7) is 7.81. The number of ether oxygens (including phenoxy) is 1. The highest BCUT2D eigenvalue weighted by Crippen LogP contribution is 2.02. The Balaban J connectivity index is 3.16. The van der Waals surface area contributed by atoms with Gasteiger partial charge in [0.25, 0.3) is 0 Å². The molecule has 0 amide bonds. The summed E-state index contributed by atoms with van der Waals surface area (Å²) in [5.41, 5.74) is 5.74. The molecule has 0 unspecified atom stereocenters. The monoisotopic (exact) mass is 145 g/mol. The van der Waals surface area contributed by atoms with Gasteiger partial charge in [-0.15, -0.1) is 0 Å². The number of hydrogen-bond acceptors (Lipinski definition) is 2. The molecule has 0 aromatic rings. The van der Waals surface area contributed by atoms with E-state index in [1.54, 1.807) is 0 Å². The average Bonchev–Trinajstić information content (AvgIpc) is 1.82. The largest absolute Gasteiger partial charge is 0.380 e. The van der Waals surface area contributed by atoms with E-state index in [0.29, 0.717) is 12.5 Å². The maximum absolute atomic E-state index is 5.74. The first kappa shape index (κ1) is 9.92. The highest BCUT2D eigenvalue weighted by atomic mass is 16.5. The van der Waals surface area contributed by atoms with Crippen LogP contribution in [0, 0.1) is 5.92 Å². The van der Waals surface area contributed by atoms with E-state index in [0.717, 1.165) is 13.0 Å². The van der Waals surface area contributed by atoms with Gasteiger partial charge in [0.05, 0.1) is 6.61 Å². The summed E-state index contributed by atoms with van der Waals surface area (Å²) in [6, 6.07) is 0.222. The summed E-state index contributed by atoms with van der Waals surface area (Å²) < 4.78 is 5.17. The Labute approximate surface area is 63.7 Å². The SMILES string of the molecule is CCOC[C@@H](N)CC(C)C. The molecule has 0 saturated carbocycles. The van der Waals surface area contributed by atoms with Gasteiger partial charge >= 0.3 is 0 Å². The van der Waals surface area contributed by atoms with Crippen molar-refractivity contribution in [3.8, 4) is 0 Å². The van der Waals surface area contributed by atoms with E-state index < -0.39 is 0 Å². The number of rotatable bonds is 5. The van der Waals surface area contributed by atoms with Gasteiger partial charge in [0.2, 0.25) is 0 Å². The first-order valence-corrected chi connectivity index (χ1v) is 4.00. The molecule has 2 nitrogen and oxygen atoms in total. The topological polar surface area (TPSA) is 35.2 Å². The van der Waals surface area contributed by atoms with E-state index in [4.69, 9.17) is 10.5 Å². The normalized spacial score (nSPS) is 14.1. The molecule has 0 aliphatic carbocycles. The molecule has 2 heteroatoms. The van der Waals surface area contributed by atoms with Gasteiger partial charge in [-0.3, -0.25) is 0 Å². The molecule has 0 aromatic carbocycles. The van der Waals surface area contributed by atoms with Crippen molar-refractivity contribution < 1.29 is 4.74 Å². The number of nitrogens with two attached hydrogens (primary N) is 1. The molecule has 10 heavy (non-hydrogen) atoms. The van der Waals surface area contributed by atoms with Gasteiger partial charge in [0, 0.05) is 12.6 Å². The van der Waals surface area contributed by atoms with Crippen LogP contribution in [0.15, 0.2) is 0 Å². The van der Waals surface area contributed by atoms with Crippen LogP contribution in [-0.2, 0) is 4.74 Å². The molecule has 0 spiro atoms. The maximum atomic E-state index is 5.74. The Hall–Kier alpha value is -0.0800. The highest BCUT2D eigenvalue weighted by Gasteiger charge is 2.03. The molecular weight excluding hydrogens is 126 g/mol. The van der Waals surface area contributed by atoms with Crippen LogP contribution >= 0.6 is 0 Å². The van der Waals surface area contributed by atoms with E-state index in [1.165, 1.54) is 0 Å². The zero-order valence-corrected chi connectivity index (χ0v) is 7.26. The van der Waals surface area contributed by atoms with E-state index in [9.17, 15) is 0 Å². The molecule has 0 saturated heterocycles. The third kappa shape index (κ3) is 6.05. The summed E-state index contributed by atoms with van der Waals surface area (Å²) in [5.74, 6) is 0.676. The Morgan fingerprint density at radius 1 is 1.40 bits per heavy atom. The summed E-state index contributed by atoms with van der Waals surface area (Å²) in [7, 11) is 0. The molecular formula is C8H19NO. The van der Waals surface area contributed by atoms with Gasteiger partial charge in [-0.2, -0.15) is 0 Å². The molecule has 0 aliphatic heterocycles. The van der Waals surface area contributed by atoms with E-state index in [1.807, 2.05) is 6.92 Å². The van der Waals surface area contributed by atoms with Crippen molar-refractivity contribution in [1.82, 2.24) is 0 Å². The van der Waals surface area contributed by atoms with Crippen LogP contribution in [0.25, 0.3) is 0 Å². The van der Waals surface area contributed by atoms with Crippen molar-refractivity contribution in [3.05, 3.63) is 0 Å². The first-order valence-electron chi connectivity index (χ1n) is 4.00. The van der Waals surface area contributed by atoms with Crippen molar-refractivity contribution in [2.45, 2.75) is 33.2 Å². The second kappa shape index (κ2) is 5.69. The van der Waals surface area contributed by atoms with E-state index >= 15 is 0 Å². The zero-order chi connectivity index (χ0) is 7.98. The Kier molecular flexibility index (Phi) is 5.64. The lowest BCUT2D eigenvalue weighted by Gasteiger charge is -2.12. The second-order valence-corrected chi connectivity index (χ2v) is 3.05. The van der Waals surface area contributed by atoms with E-state index in [-0.39, 0.29) is 6.04 Å². The molecule has 0 bridgehead atoms. The lowest BCUT2D eigenvalue weighted by molar-refractivity contribution is 0.127. The van der Waals surface area contributed by atoms with E-state index in [2.05, 4.69) is 13.8 Å². The quantitative estimate of drug-likeness (QED) is 0.634. The van der Waals surface area contributed by atoms with Gasteiger partial charge in [-0.05, 0) is 19.3 Å². The van der Waals surface area contributed by atoms with Crippen LogP contribution in [-0.4, -0.2) is 19.3 Å². The second-order valence-electron chi connectivity index (χ2n) is 3.05. The van der Waals surface area contributed by atoms with Gasteiger partial charge in [-0.25, -0.2) is 0 Å². The minimum Gasteiger partial charge on any atom is -0.380 e. The molecule has 1 atom stereocenters. The van der Waals surface area contributed by atoms with Crippen LogP contribution in [0.2, 0.25) is 0 Å². The molecule has 62 valence electrons. The predicted octanol–water partition coefficient (Wildman–Crippen LogP) is 1.40. The fourth-order valence-corrected chi connectivity index (χ4v) is 0.943. The lowest BCUT2D eigenvalue weighted by Crippen LogP contribution is -2.27. The molecule has 0 heterocycles. The summed E-state index contributed by atoms with van der Waals surface area (Å²) in [4.78, 5) is 0. The molecule has 0 aromatic heterocycles. The highest BCUT2D eigenvalue weighted by molar-refractivity contribution is 4.61. The van der Waals surface area contributed by atoms with Crippen molar-refractivity contribution >= 4 is 0 Å². The summed E-state index contributed by atoms with van der Waals surface area (Å²) in [6.07, 6.45) is 1.06. The number of hydrogen-bond donors (Lipinski definition) is 1. The van der Waals surface area contributed by atoms with Crippen molar-refractivity contribution in [2.75, 3.05) is 13.2 Å². The van der Waals surface area contributed by atoms with Crippen LogP contribution in [0.4, 0.5) is 0 Å². The van der Waals surface area contributed by atoms with Gasteiger partial charge in [0.1, 0.15) is 0 Å². The van der Waals surface area contributed by atoms with Crippen LogP contribution in [0.5, 0.6) is 0 Å². The standard InChI is InChI=1S/C8H19NO/c1-4-10-6-8(9)5-7(2)3/h7-8H,4-6,9H2,1-3H3/t8-/m0/s1. The summed E-state index contributed by atoms with van der Waals surface area (Å²) >= 11 is 0. The van der Waals surface area contributed by atoms with Crippen molar-refractivity contribution in [2.24, 2.45) is 11.7 Å². The van der Waals surface area contributed by atoms with Crippen molar-refractivity contribution in [1.29, 1.82) is 0 Å². The van der Waals surface area contributed by atoms with Crippen molar-refractivity contribution in [3.63, 3.8) is 0 Å². The van der Waals surface area contributed by atoms with Gasteiger partial charge < -0.3 is 10.5 Å². The van der Waals surface area contributed by atoms with Gasteiger partial charge in [0.15, 0.2) is 0 Å². The molecule has 0 fully saturated rings. The Bertz CT molecular complexity index is 73.7. The smallest absolute Gasteiger partial charge is 0.0617 e. The molecule has 0 radical (unpaired) electrons. The predicted molar refractivity (Wildman–Crippen MR) is 43.9 cm³/mol. The van der Waals surface area contributed by atoms with Crippen LogP contribution < -0.4 is 5.73 Å². The average molecular weight is 145 g/mol. The Morgan fingerprint density at radius 3 is 2.40 bits per heavy atom. The molecule has 2 N–H and O–H groups in total. The lowest BCUT2D eigenvalue weighted by atomic mass is 10.1. The van der Waals surface area contributed by atoms with Gasteiger partial charge in [-0.1, -0.05) is 13.8 Å². The fraction of sp³-hybridized carbons (Fsp3) is 1.00. The Morgan fingerprint density at radius 2 is 2.00 bits per heavy atom. The fourth-order valence-electron chi connectivity index (χ4n) is 0.943. The molecule has 0 rings (SSSR count). The maximum Gasteiger partial charge on any atom is 0.0617 e. The van der Waals surface area contributed by atoms with Crippen LogP contribution in [0.3, 0.4) is 0 Å². The summed E-state index contributed by atoms with van der Waals surface area (Å²) in [5, 5.41) is 0. The molecule has 0 aliphatic rings. The minimum atomic E-state index is 0.222. The third-order valence-corrected chi connectivity index (χ3v) is 1.31.